The number of piperazine rings is 1. The van der Waals surface area contributed by atoms with Crippen molar-refractivity contribution in [2.45, 2.75) is 61.2 Å². The van der Waals surface area contributed by atoms with Crippen molar-refractivity contribution in [2.24, 2.45) is 7.05 Å². The fourth-order valence-electron chi connectivity index (χ4n) is 8.99. The number of sulfonamides is 1. The van der Waals surface area contributed by atoms with Crippen LogP contribution in [0.2, 0.25) is 5.02 Å². The van der Waals surface area contributed by atoms with Gasteiger partial charge in [0.05, 0.1) is 22.3 Å². The Kier molecular flexibility index (Phi) is 14.6. The average molecular weight is 958 g/mol. The number of aromatic nitrogens is 1. The molecule has 2 fully saturated rings. The summed E-state index contributed by atoms with van der Waals surface area (Å²) in [5, 5.41) is 14.2. The van der Waals surface area contributed by atoms with Gasteiger partial charge in [-0.25, -0.2) is 8.42 Å². The van der Waals surface area contributed by atoms with Gasteiger partial charge in [0.2, 0.25) is 0 Å². The van der Waals surface area contributed by atoms with E-state index in [0.29, 0.717) is 53.7 Å². The zero-order chi connectivity index (χ0) is 46.6. The van der Waals surface area contributed by atoms with Crippen LogP contribution in [0.5, 0.6) is 0 Å². The van der Waals surface area contributed by atoms with Crippen LogP contribution in [-0.2, 0) is 23.2 Å². The maximum Gasteiger partial charge on any atom is 0.418 e. The van der Waals surface area contributed by atoms with E-state index in [2.05, 4.69) is 36.9 Å². The number of anilines is 4. The van der Waals surface area contributed by atoms with Crippen LogP contribution >= 0.6 is 23.4 Å². The molecule has 2 aliphatic heterocycles. The van der Waals surface area contributed by atoms with Crippen molar-refractivity contribution in [3.05, 3.63) is 143 Å². The molecule has 0 unspecified atom stereocenters. The molecule has 66 heavy (non-hydrogen) atoms. The molecule has 2 saturated heterocycles. The number of nitrogens with one attached hydrogen (secondary N) is 2. The molecule has 8 rings (SSSR count). The second-order valence-corrected chi connectivity index (χ2v) is 20.4. The van der Waals surface area contributed by atoms with E-state index >= 15 is 0 Å². The predicted octanol–water partition coefficient (Wildman–Crippen LogP) is 11.2. The van der Waals surface area contributed by atoms with Crippen LogP contribution in [0, 0.1) is 13.8 Å². The topological polar surface area (TPSA) is 93.1 Å². The van der Waals surface area contributed by atoms with Gasteiger partial charge in [0.1, 0.15) is 0 Å². The second kappa shape index (κ2) is 20.4. The van der Waals surface area contributed by atoms with Gasteiger partial charge in [-0.1, -0.05) is 54.1 Å². The standard InChI is InChI=1S/C51H56ClF3N6O3S2/c1-35-32-46(20-21-47(35)56-41(34-65-45-10-5-4-6-11-45)22-25-59-26-23-44(62)24-27-59)66(63,64)57-40-16-18-42(19-17-40)60-28-30-61(31-29-60)43-9-7-8-38(33-43)48-49(51(53,54)55)36(2)58(3)50(48)37-12-14-39(52)15-13-37/h4-21,32-33,41,44,56-57,62H,22-31,34H2,1-3H3/t41-/m1/s1. The molecule has 0 bridgehead atoms. The van der Waals surface area contributed by atoms with Crippen molar-refractivity contribution in [1.29, 1.82) is 0 Å². The first-order valence-electron chi connectivity index (χ1n) is 22.3. The zero-order valence-corrected chi connectivity index (χ0v) is 39.7. The van der Waals surface area contributed by atoms with E-state index in [1.807, 2.05) is 61.5 Å². The third-order valence-corrected chi connectivity index (χ3v) is 15.6. The van der Waals surface area contributed by atoms with Crippen LogP contribution in [0.1, 0.15) is 36.1 Å². The minimum atomic E-state index is -4.56. The lowest BCUT2D eigenvalue weighted by Crippen LogP contribution is -2.46. The van der Waals surface area contributed by atoms with Crippen LogP contribution in [0.3, 0.4) is 0 Å². The number of likely N-dealkylation sites (tertiary alicyclic amines) is 1. The summed E-state index contributed by atoms with van der Waals surface area (Å²) in [5.74, 6) is 0.845. The molecule has 0 aliphatic carbocycles. The highest BCUT2D eigenvalue weighted by Gasteiger charge is 2.40. The largest absolute Gasteiger partial charge is 0.418 e. The first-order chi connectivity index (χ1) is 31.6. The normalized spacial score (nSPS) is 15.8. The molecule has 0 radical (unpaired) electrons. The summed E-state index contributed by atoms with van der Waals surface area (Å²) in [6, 6.07) is 37.2. The van der Waals surface area contributed by atoms with Gasteiger partial charge in [0.25, 0.3) is 10.0 Å². The van der Waals surface area contributed by atoms with Crippen LogP contribution < -0.4 is 19.8 Å². The van der Waals surface area contributed by atoms with Gasteiger partial charge < -0.3 is 29.7 Å². The third-order valence-electron chi connectivity index (χ3n) is 12.8. The number of hydrogen-bond acceptors (Lipinski definition) is 8. The summed E-state index contributed by atoms with van der Waals surface area (Å²) in [6.45, 7) is 8.73. The highest BCUT2D eigenvalue weighted by Crippen LogP contribution is 2.47. The number of thioether (sulfide) groups is 1. The molecule has 0 amide bonds. The summed E-state index contributed by atoms with van der Waals surface area (Å²) in [4.78, 5) is 8.18. The van der Waals surface area contributed by atoms with Crippen molar-refractivity contribution >= 4 is 56.1 Å². The number of piperidine rings is 1. The van der Waals surface area contributed by atoms with Gasteiger partial charge in [0.15, 0.2) is 0 Å². The molecule has 0 saturated carbocycles. The molecular formula is C51H56ClF3N6O3S2. The molecule has 0 spiro atoms. The van der Waals surface area contributed by atoms with Gasteiger partial charge >= 0.3 is 6.18 Å². The molecule has 6 aromatic rings. The number of hydrogen-bond donors (Lipinski definition) is 3. The van der Waals surface area contributed by atoms with E-state index < -0.39 is 21.8 Å². The van der Waals surface area contributed by atoms with Crippen molar-refractivity contribution < 1.29 is 26.7 Å². The van der Waals surface area contributed by atoms with Crippen LogP contribution in [-0.4, -0.2) is 86.7 Å². The summed E-state index contributed by atoms with van der Waals surface area (Å²) in [5.41, 5.74) is 5.20. The number of alkyl halides is 3. The van der Waals surface area contributed by atoms with E-state index in [4.69, 9.17) is 11.6 Å². The smallest absolute Gasteiger partial charge is 0.393 e. The zero-order valence-electron chi connectivity index (χ0n) is 37.4. The summed E-state index contributed by atoms with van der Waals surface area (Å²) in [7, 11) is -2.22. The van der Waals surface area contributed by atoms with Crippen LogP contribution in [0.4, 0.5) is 35.9 Å². The highest BCUT2D eigenvalue weighted by atomic mass is 35.5. The van der Waals surface area contributed by atoms with E-state index in [0.717, 1.165) is 67.3 Å². The molecule has 2 aliphatic rings. The Morgan fingerprint density at radius 1 is 0.788 bits per heavy atom. The molecule has 1 atom stereocenters. The molecule has 9 nitrogen and oxygen atoms in total. The Labute approximate surface area is 395 Å². The van der Waals surface area contributed by atoms with Crippen molar-refractivity contribution in [3.63, 3.8) is 0 Å². The Bertz CT molecular complexity index is 2700. The summed E-state index contributed by atoms with van der Waals surface area (Å²) in [6.07, 6.45) is -2.27. The lowest BCUT2D eigenvalue weighted by atomic mass is 9.96. The number of rotatable bonds is 15. The van der Waals surface area contributed by atoms with Crippen LogP contribution in [0.15, 0.2) is 131 Å². The summed E-state index contributed by atoms with van der Waals surface area (Å²) < 4.78 is 75.8. The van der Waals surface area contributed by atoms with Gasteiger partial charge in [-0.2, -0.15) is 13.2 Å². The van der Waals surface area contributed by atoms with Crippen molar-refractivity contribution in [1.82, 2.24) is 9.47 Å². The van der Waals surface area contributed by atoms with Gasteiger partial charge in [-0.05, 0) is 129 Å². The lowest BCUT2D eigenvalue weighted by molar-refractivity contribution is -0.137. The third kappa shape index (κ3) is 11.2. The van der Waals surface area contributed by atoms with Gasteiger partial charge in [-0.15, -0.1) is 11.8 Å². The predicted molar refractivity (Wildman–Crippen MR) is 265 cm³/mol. The molecule has 3 heterocycles. The number of aliphatic hydroxyl groups excluding tert-OH is 1. The fourth-order valence-corrected chi connectivity index (χ4v) is 11.3. The number of halogens is 4. The van der Waals surface area contributed by atoms with Crippen molar-refractivity contribution in [2.75, 3.05) is 71.4 Å². The minimum absolute atomic E-state index is 0.138. The second-order valence-electron chi connectivity index (χ2n) is 17.2. The number of aliphatic hydroxyl groups is 1. The van der Waals surface area contributed by atoms with Crippen LogP contribution in [0.25, 0.3) is 22.4 Å². The number of nitrogens with zero attached hydrogens (tertiary/aromatic N) is 4. The van der Waals surface area contributed by atoms with Crippen molar-refractivity contribution in [3.8, 4) is 22.4 Å². The molecule has 3 N–H and O–H groups in total. The summed E-state index contributed by atoms with van der Waals surface area (Å²) >= 11 is 7.94. The fraction of sp³-hybridized carbons (Fsp3) is 0.333. The molecule has 15 heteroatoms. The first kappa shape index (κ1) is 47.4. The SMILES string of the molecule is Cc1cc(S(=O)(=O)Nc2ccc(N3CCN(c4cccc(-c5c(C(F)(F)F)c(C)n(C)c5-c5ccc(Cl)cc5)c4)CC3)cc2)ccc1N[C@H](CCN1CCC(O)CC1)CSc1ccccc1. The minimum Gasteiger partial charge on any atom is -0.393 e. The maximum absolute atomic E-state index is 14.7. The monoisotopic (exact) mass is 956 g/mol. The van der Waals surface area contributed by atoms with E-state index in [-0.39, 0.29) is 28.3 Å². The van der Waals surface area contributed by atoms with E-state index in [1.54, 1.807) is 78.0 Å². The molecular weight excluding hydrogens is 901 g/mol. The Morgan fingerprint density at radius 2 is 1.45 bits per heavy atom. The quantitative estimate of drug-likeness (QED) is 0.0877. The van der Waals surface area contributed by atoms with Gasteiger partial charge in [0, 0.05) is 109 Å². The van der Waals surface area contributed by atoms with E-state index in [1.165, 1.54) is 11.8 Å². The lowest BCUT2D eigenvalue weighted by Gasteiger charge is -2.37. The Morgan fingerprint density at radius 3 is 2.11 bits per heavy atom. The molecule has 348 valence electrons. The van der Waals surface area contributed by atoms with E-state index in [9.17, 15) is 26.7 Å². The number of aryl methyl sites for hydroxylation is 1. The Hall–Kier alpha value is -5.12. The number of benzene rings is 5. The molecule has 5 aromatic carbocycles. The average Bonchev–Trinajstić information content (AvgIpc) is 3.59. The molecule has 1 aromatic heterocycles. The van der Waals surface area contributed by atoms with Gasteiger partial charge in [-0.3, -0.25) is 4.72 Å². The maximum atomic E-state index is 14.7. The first-order valence-corrected chi connectivity index (χ1v) is 25.2. The highest BCUT2D eigenvalue weighted by molar-refractivity contribution is 7.99. The Balaban J connectivity index is 0.899.